The Morgan fingerprint density at radius 2 is 2.07 bits per heavy atom. The molecular formula is C21H22N2O5S2. The molecule has 1 aliphatic carbocycles. The Labute approximate surface area is 179 Å². The van der Waals surface area contributed by atoms with Crippen LogP contribution in [0.4, 0.5) is 0 Å². The summed E-state index contributed by atoms with van der Waals surface area (Å²) < 4.78 is 32.5. The molecule has 0 radical (unpaired) electrons. The number of carbonyl (C=O) groups is 2. The molecule has 3 heterocycles. The van der Waals surface area contributed by atoms with Crippen molar-refractivity contribution in [2.45, 2.75) is 49.3 Å². The summed E-state index contributed by atoms with van der Waals surface area (Å²) in [5.41, 5.74) is 0.430. The molecule has 5 rings (SSSR count). The number of rotatable bonds is 6. The maximum Gasteiger partial charge on any atom is 0.269 e. The monoisotopic (exact) mass is 446 g/mol. The lowest BCUT2D eigenvalue weighted by molar-refractivity contribution is 0.0509. The largest absolute Gasteiger partial charge is 0.376 e. The SMILES string of the molecule is O=C(c1ccc2c(c1)S(=O)(=O)N(C1CC1)C2=O)N(Cc1cccs1)CC1CCCO1. The van der Waals surface area contributed by atoms with Crippen LogP contribution in [0.2, 0.25) is 0 Å². The summed E-state index contributed by atoms with van der Waals surface area (Å²) in [6.07, 6.45) is 3.25. The van der Waals surface area contributed by atoms with Crippen LogP contribution in [-0.4, -0.2) is 54.7 Å². The number of hydrogen-bond acceptors (Lipinski definition) is 6. The van der Waals surface area contributed by atoms with E-state index in [0.29, 0.717) is 32.5 Å². The highest BCUT2D eigenvalue weighted by Gasteiger charge is 2.49. The summed E-state index contributed by atoms with van der Waals surface area (Å²) in [5, 5.41) is 1.96. The number of benzene rings is 1. The van der Waals surface area contributed by atoms with Gasteiger partial charge in [-0.15, -0.1) is 11.3 Å². The van der Waals surface area contributed by atoms with E-state index in [1.165, 1.54) is 12.1 Å². The average Bonchev–Trinajstić information content (AvgIpc) is 3.13. The Morgan fingerprint density at radius 1 is 1.23 bits per heavy atom. The molecular weight excluding hydrogens is 424 g/mol. The van der Waals surface area contributed by atoms with Crippen molar-refractivity contribution < 1.29 is 22.7 Å². The standard InChI is InChI=1S/C21H22N2O5S2/c24-20(22(12-16-3-1-9-28-16)13-17-4-2-10-29-17)14-5-8-18-19(11-14)30(26,27)23(21(18)25)15-6-7-15/h2,4-5,8,10-11,15-16H,1,3,6-7,9,12-13H2. The zero-order chi connectivity index (χ0) is 20.9. The minimum Gasteiger partial charge on any atom is -0.376 e. The molecule has 2 amide bonds. The highest BCUT2D eigenvalue weighted by atomic mass is 32.2. The molecule has 2 aliphatic heterocycles. The maximum absolute atomic E-state index is 13.4. The van der Waals surface area contributed by atoms with Gasteiger partial charge < -0.3 is 9.64 Å². The van der Waals surface area contributed by atoms with Crippen molar-refractivity contribution in [3.05, 3.63) is 51.7 Å². The number of fused-ring (bicyclic) bond motifs is 1. The van der Waals surface area contributed by atoms with Gasteiger partial charge in [0, 0.05) is 29.6 Å². The molecule has 0 spiro atoms. The van der Waals surface area contributed by atoms with E-state index < -0.39 is 15.9 Å². The van der Waals surface area contributed by atoms with Gasteiger partial charge in [0.1, 0.15) is 4.90 Å². The van der Waals surface area contributed by atoms with Crippen LogP contribution >= 0.6 is 11.3 Å². The molecule has 158 valence electrons. The van der Waals surface area contributed by atoms with Crippen LogP contribution in [0, 0.1) is 0 Å². The minimum absolute atomic E-state index is 0.0148. The van der Waals surface area contributed by atoms with Crippen LogP contribution in [0.25, 0.3) is 0 Å². The summed E-state index contributed by atoms with van der Waals surface area (Å²) in [7, 11) is -3.90. The molecule has 0 N–H and O–H groups in total. The normalized spacial score (nSPS) is 22.3. The molecule has 1 saturated heterocycles. The predicted octanol–water partition coefficient (Wildman–Crippen LogP) is 2.88. The number of hydrogen-bond donors (Lipinski definition) is 0. The van der Waals surface area contributed by atoms with Crippen LogP contribution in [-0.2, 0) is 21.3 Å². The second-order valence-electron chi connectivity index (χ2n) is 7.95. The average molecular weight is 447 g/mol. The lowest BCUT2D eigenvalue weighted by atomic mass is 10.1. The third-order valence-corrected chi connectivity index (χ3v) is 8.47. The van der Waals surface area contributed by atoms with Crippen molar-refractivity contribution >= 4 is 33.2 Å². The van der Waals surface area contributed by atoms with Crippen LogP contribution < -0.4 is 0 Å². The van der Waals surface area contributed by atoms with Gasteiger partial charge in [0.2, 0.25) is 0 Å². The van der Waals surface area contributed by atoms with E-state index >= 15 is 0 Å². The lowest BCUT2D eigenvalue weighted by Gasteiger charge is -2.25. The first-order valence-electron chi connectivity index (χ1n) is 10.1. The van der Waals surface area contributed by atoms with Gasteiger partial charge in [0.05, 0.1) is 18.2 Å². The fourth-order valence-electron chi connectivity index (χ4n) is 4.08. The molecule has 1 unspecified atom stereocenters. The Kier molecular flexibility index (Phi) is 4.91. The fraction of sp³-hybridized carbons (Fsp3) is 0.429. The van der Waals surface area contributed by atoms with Gasteiger partial charge in [-0.2, -0.15) is 0 Å². The molecule has 7 nitrogen and oxygen atoms in total. The lowest BCUT2D eigenvalue weighted by Crippen LogP contribution is -2.36. The molecule has 3 aliphatic rings. The quantitative estimate of drug-likeness (QED) is 0.681. The second kappa shape index (κ2) is 7.47. The number of carbonyl (C=O) groups excluding carboxylic acids is 2. The number of ether oxygens (including phenoxy) is 1. The molecule has 2 fully saturated rings. The molecule has 1 aromatic carbocycles. The molecule has 2 aromatic rings. The van der Waals surface area contributed by atoms with Crippen molar-refractivity contribution in [3.8, 4) is 0 Å². The molecule has 1 saturated carbocycles. The van der Waals surface area contributed by atoms with Gasteiger partial charge in [-0.1, -0.05) is 6.07 Å². The Hall–Kier alpha value is -2.23. The summed E-state index contributed by atoms with van der Waals surface area (Å²) in [4.78, 5) is 28.7. The Morgan fingerprint density at radius 3 is 2.73 bits per heavy atom. The first-order chi connectivity index (χ1) is 14.4. The molecule has 9 heteroatoms. The number of thiophene rings is 1. The number of nitrogens with zero attached hydrogens (tertiary/aromatic N) is 2. The maximum atomic E-state index is 13.4. The first-order valence-corrected chi connectivity index (χ1v) is 12.4. The van der Waals surface area contributed by atoms with Crippen LogP contribution in [0.5, 0.6) is 0 Å². The summed E-state index contributed by atoms with van der Waals surface area (Å²) in [6, 6.07) is 8.06. The van der Waals surface area contributed by atoms with Gasteiger partial charge in [0.15, 0.2) is 0 Å². The zero-order valence-corrected chi connectivity index (χ0v) is 18.0. The zero-order valence-electron chi connectivity index (χ0n) is 16.3. The van der Waals surface area contributed by atoms with E-state index in [0.717, 1.165) is 22.0 Å². The molecule has 1 aromatic heterocycles. The van der Waals surface area contributed by atoms with Crippen LogP contribution in [0.1, 0.15) is 51.3 Å². The Bertz CT molecular complexity index is 1090. The summed E-state index contributed by atoms with van der Waals surface area (Å²) in [6.45, 7) is 1.59. The smallest absolute Gasteiger partial charge is 0.269 e. The highest BCUT2D eigenvalue weighted by molar-refractivity contribution is 7.90. The highest BCUT2D eigenvalue weighted by Crippen LogP contribution is 2.39. The number of sulfonamides is 1. The number of amides is 2. The van der Waals surface area contributed by atoms with Gasteiger partial charge in [0.25, 0.3) is 21.8 Å². The third kappa shape index (κ3) is 3.44. The van der Waals surface area contributed by atoms with E-state index in [-0.39, 0.29) is 34.1 Å². The summed E-state index contributed by atoms with van der Waals surface area (Å²) in [5.74, 6) is -0.740. The van der Waals surface area contributed by atoms with Crippen molar-refractivity contribution in [2.24, 2.45) is 0 Å². The van der Waals surface area contributed by atoms with Crippen molar-refractivity contribution in [1.82, 2.24) is 9.21 Å². The van der Waals surface area contributed by atoms with Crippen molar-refractivity contribution in [1.29, 1.82) is 0 Å². The van der Waals surface area contributed by atoms with Gasteiger partial charge in [-0.25, -0.2) is 12.7 Å². The van der Waals surface area contributed by atoms with E-state index in [1.54, 1.807) is 22.3 Å². The topological polar surface area (TPSA) is 84.0 Å². The molecule has 1 atom stereocenters. The van der Waals surface area contributed by atoms with E-state index in [1.807, 2.05) is 17.5 Å². The molecule has 0 bridgehead atoms. The third-order valence-electron chi connectivity index (χ3n) is 5.74. The van der Waals surface area contributed by atoms with Crippen molar-refractivity contribution in [2.75, 3.05) is 13.2 Å². The van der Waals surface area contributed by atoms with Gasteiger partial charge in [-0.05, 0) is 55.3 Å². The van der Waals surface area contributed by atoms with E-state index in [9.17, 15) is 18.0 Å². The first kappa shape index (κ1) is 19.7. The Balaban J connectivity index is 1.45. The summed E-state index contributed by atoms with van der Waals surface area (Å²) >= 11 is 1.57. The van der Waals surface area contributed by atoms with Gasteiger partial charge in [-0.3, -0.25) is 9.59 Å². The van der Waals surface area contributed by atoms with Gasteiger partial charge >= 0.3 is 0 Å². The van der Waals surface area contributed by atoms with Crippen molar-refractivity contribution in [3.63, 3.8) is 0 Å². The fourth-order valence-corrected chi connectivity index (χ4v) is 6.64. The van der Waals surface area contributed by atoms with E-state index in [2.05, 4.69) is 0 Å². The second-order valence-corrected chi connectivity index (χ2v) is 10.8. The minimum atomic E-state index is -3.90. The van der Waals surface area contributed by atoms with Crippen LogP contribution in [0.15, 0.2) is 40.6 Å². The molecule has 30 heavy (non-hydrogen) atoms. The van der Waals surface area contributed by atoms with Crippen LogP contribution in [0.3, 0.4) is 0 Å². The van der Waals surface area contributed by atoms with E-state index in [4.69, 9.17) is 4.74 Å². The predicted molar refractivity (Wildman–Crippen MR) is 111 cm³/mol.